The van der Waals surface area contributed by atoms with Crippen molar-refractivity contribution in [2.75, 3.05) is 39.9 Å². The maximum atomic E-state index is 12.0. The fourth-order valence-corrected chi connectivity index (χ4v) is 2.36. The Hall–Kier alpha value is -0.810. The molecule has 104 valence electrons. The Morgan fingerprint density at radius 2 is 1.94 bits per heavy atom. The van der Waals surface area contributed by atoms with Gasteiger partial charge in [-0.15, -0.1) is 0 Å². The fourth-order valence-electron chi connectivity index (χ4n) is 2.36. The topological polar surface area (TPSA) is 53.6 Å². The number of nitrogens with zero attached hydrogens (tertiary/aromatic N) is 1. The Morgan fingerprint density at radius 3 is 2.39 bits per heavy atom. The van der Waals surface area contributed by atoms with E-state index in [2.05, 4.69) is 24.5 Å². The van der Waals surface area contributed by atoms with Gasteiger partial charge in [0.1, 0.15) is 0 Å². The van der Waals surface area contributed by atoms with Gasteiger partial charge in [-0.3, -0.25) is 0 Å². The van der Waals surface area contributed by atoms with E-state index in [1.165, 1.54) is 0 Å². The number of hydrogen-bond donors (Lipinski definition) is 2. The molecular weight excluding hydrogens is 230 g/mol. The van der Waals surface area contributed by atoms with Gasteiger partial charge >= 0.3 is 6.03 Å². The molecule has 2 heterocycles. The summed E-state index contributed by atoms with van der Waals surface area (Å²) in [7, 11) is 1.91. The van der Waals surface area contributed by atoms with Gasteiger partial charge in [-0.2, -0.15) is 0 Å². The molecule has 18 heavy (non-hydrogen) atoms. The van der Waals surface area contributed by atoms with E-state index >= 15 is 0 Å². The molecule has 0 atom stereocenters. The van der Waals surface area contributed by atoms with Crippen molar-refractivity contribution in [2.24, 2.45) is 5.41 Å². The summed E-state index contributed by atoms with van der Waals surface area (Å²) in [5.74, 6) is 0. The van der Waals surface area contributed by atoms with Crippen LogP contribution in [0.15, 0.2) is 0 Å². The lowest BCUT2D eigenvalue weighted by Crippen LogP contribution is -2.55. The van der Waals surface area contributed by atoms with Crippen LogP contribution in [0.1, 0.15) is 26.7 Å². The van der Waals surface area contributed by atoms with Crippen LogP contribution in [-0.2, 0) is 4.74 Å². The van der Waals surface area contributed by atoms with Crippen LogP contribution in [0.2, 0.25) is 0 Å². The minimum atomic E-state index is -0.0610. The third-order valence-corrected chi connectivity index (χ3v) is 4.29. The molecule has 2 rings (SSSR count). The van der Waals surface area contributed by atoms with Crippen molar-refractivity contribution >= 4 is 6.03 Å². The minimum absolute atomic E-state index is 0.0610. The summed E-state index contributed by atoms with van der Waals surface area (Å²) in [6.07, 6.45) is 2.16. The van der Waals surface area contributed by atoms with Crippen molar-refractivity contribution < 1.29 is 9.53 Å². The van der Waals surface area contributed by atoms with Gasteiger partial charge in [0.25, 0.3) is 0 Å². The van der Waals surface area contributed by atoms with Crippen LogP contribution in [0.4, 0.5) is 4.79 Å². The second-order valence-electron chi connectivity index (χ2n) is 6.27. The molecule has 0 bridgehead atoms. The van der Waals surface area contributed by atoms with Crippen molar-refractivity contribution in [3.63, 3.8) is 0 Å². The molecule has 5 heteroatoms. The molecule has 0 aromatic rings. The van der Waals surface area contributed by atoms with E-state index < -0.39 is 0 Å². The van der Waals surface area contributed by atoms with Crippen LogP contribution in [0.5, 0.6) is 0 Å². The zero-order chi connectivity index (χ0) is 13.2. The van der Waals surface area contributed by atoms with Crippen molar-refractivity contribution in [2.45, 2.75) is 32.2 Å². The van der Waals surface area contributed by atoms with Gasteiger partial charge in [0.05, 0.1) is 13.2 Å². The number of carbonyl (C=O) groups is 1. The number of ether oxygens (including phenoxy) is 1. The molecule has 0 aliphatic carbocycles. The Morgan fingerprint density at radius 1 is 1.33 bits per heavy atom. The van der Waals surface area contributed by atoms with Crippen molar-refractivity contribution in [3.05, 3.63) is 0 Å². The third kappa shape index (κ3) is 2.95. The molecule has 2 fully saturated rings. The number of hydrogen-bond acceptors (Lipinski definition) is 3. The maximum absolute atomic E-state index is 12.0. The summed E-state index contributed by atoms with van der Waals surface area (Å²) in [5.41, 5.74) is 0.329. The Kier molecular flexibility index (Phi) is 3.82. The molecule has 0 aromatic carbocycles. The molecule has 2 aliphatic rings. The van der Waals surface area contributed by atoms with Gasteiger partial charge in [-0.25, -0.2) is 4.79 Å². The van der Waals surface area contributed by atoms with Crippen LogP contribution >= 0.6 is 0 Å². The summed E-state index contributed by atoms with van der Waals surface area (Å²) in [6.45, 7) is 8.27. The Balaban J connectivity index is 1.74. The van der Waals surface area contributed by atoms with E-state index in [-0.39, 0.29) is 11.6 Å². The van der Waals surface area contributed by atoms with E-state index in [0.29, 0.717) is 12.0 Å². The third-order valence-electron chi connectivity index (χ3n) is 4.29. The number of nitrogens with one attached hydrogen (secondary N) is 2. The number of urea groups is 1. The zero-order valence-corrected chi connectivity index (χ0v) is 11.7. The molecule has 2 aliphatic heterocycles. The highest BCUT2D eigenvalue weighted by molar-refractivity contribution is 5.74. The van der Waals surface area contributed by atoms with Gasteiger partial charge in [0, 0.05) is 30.6 Å². The number of piperidine rings is 1. The summed E-state index contributed by atoms with van der Waals surface area (Å²) in [5, 5.41) is 6.18. The Labute approximate surface area is 109 Å². The summed E-state index contributed by atoms with van der Waals surface area (Å²) in [6, 6.07) is 0.0633. The van der Waals surface area contributed by atoms with Gasteiger partial charge in [-0.1, -0.05) is 0 Å². The van der Waals surface area contributed by atoms with Crippen LogP contribution in [0.25, 0.3) is 0 Å². The van der Waals surface area contributed by atoms with E-state index in [1.807, 2.05) is 11.9 Å². The monoisotopic (exact) mass is 255 g/mol. The second-order valence-corrected chi connectivity index (χ2v) is 6.27. The normalized spacial score (nSPS) is 22.7. The molecule has 2 N–H and O–H groups in total. The fraction of sp³-hybridized carbons (Fsp3) is 0.923. The molecule has 2 amide bonds. The van der Waals surface area contributed by atoms with Crippen LogP contribution in [0, 0.1) is 5.41 Å². The molecular formula is C13H25N3O2. The molecule has 1 spiro atoms. The van der Waals surface area contributed by atoms with Gasteiger partial charge in [0.2, 0.25) is 0 Å². The summed E-state index contributed by atoms with van der Waals surface area (Å²) < 4.78 is 5.29. The standard InChI is InChI=1S/C13H25N3O2/c1-12(2,14-3)8-15-11(17)16-6-4-13(5-7-16)9-18-10-13/h14H,4-10H2,1-3H3,(H,15,17). The average molecular weight is 255 g/mol. The van der Waals surface area contributed by atoms with E-state index in [0.717, 1.165) is 39.1 Å². The van der Waals surface area contributed by atoms with Gasteiger partial charge in [0.15, 0.2) is 0 Å². The lowest BCUT2D eigenvalue weighted by molar-refractivity contribution is -0.135. The zero-order valence-electron chi connectivity index (χ0n) is 11.7. The van der Waals surface area contributed by atoms with Gasteiger partial charge < -0.3 is 20.3 Å². The Bertz CT molecular complexity index is 303. The molecule has 5 nitrogen and oxygen atoms in total. The predicted molar refractivity (Wildman–Crippen MR) is 70.6 cm³/mol. The molecule has 0 unspecified atom stereocenters. The summed E-state index contributed by atoms with van der Waals surface area (Å²) in [4.78, 5) is 14.0. The van der Waals surface area contributed by atoms with Crippen LogP contribution in [-0.4, -0.2) is 56.4 Å². The van der Waals surface area contributed by atoms with Gasteiger partial charge in [-0.05, 0) is 33.7 Å². The van der Waals surface area contributed by atoms with Crippen molar-refractivity contribution in [3.8, 4) is 0 Å². The number of likely N-dealkylation sites (N-methyl/N-ethyl adjacent to an activating group) is 1. The molecule has 0 radical (unpaired) electrons. The number of rotatable bonds is 3. The SMILES string of the molecule is CNC(C)(C)CNC(=O)N1CCC2(CC1)COC2. The quantitative estimate of drug-likeness (QED) is 0.784. The first-order chi connectivity index (χ1) is 8.46. The summed E-state index contributed by atoms with van der Waals surface area (Å²) >= 11 is 0. The first-order valence-electron chi connectivity index (χ1n) is 6.76. The number of carbonyl (C=O) groups excluding carboxylic acids is 1. The van der Waals surface area contributed by atoms with E-state index in [4.69, 9.17) is 4.74 Å². The average Bonchev–Trinajstić information content (AvgIpc) is 2.34. The minimum Gasteiger partial charge on any atom is -0.380 e. The van der Waals surface area contributed by atoms with Crippen LogP contribution in [0.3, 0.4) is 0 Å². The van der Waals surface area contributed by atoms with Crippen molar-refractivity contribution in [1.29, 1.82) is 0 Å². The molecule has 0 aromatic heterocycles. The van der Waals surface area contributed by atoms with E-state index in [1.54, 1.807) is 0 Å². The number of likely N-dealkylation sites (tertiary alicyclic amines) is 1. The first kappa shape index (κ1) is 13.6. The molecule has 0 saturated carbocycles. The highest BCUT2D eigenvalue weighted by Gasteiger charge is 2.41. The largest absolute Gasteiger partial charge is 0.380 e. The smallest absolute Gasteiger partial charge is 0.317 e. The van der Waals surface area contributed by atoms with E-state index in [9.17, 15) is 4.79 Å². The van der Waals surface area contributed by atoms with Crippen LogP contribution < -0.4 is 10.6 Å². The lowest BCUT2D eigenvalue weighted by Gasteiger charge is -2.47. The highest BCUT2D eigenvalue weighted by Crippen LogP contribution is 2.38. The first-order valence-corrected chi connectivity index (χ1v) is 6.76. The highest BCUT2D eigenvalue weighted by atomic mass is 16.5. The second kappa shape index (κ2) is 5.05. The maximum Gasteiger partial charge on any atom is 0.317 e. The lowest BCUT2D eigenvalue weighted by atomic mass is 9.77. The van der Waals surface area contributed by atoms with Crippen molar-refractivity contribution in [1.82, 2.24) is 15.5 Å². The molecule has 2 saturated heterocycles. The number of amides is 2. The predicted octanol–water partition coefficient (Wildman–Crippen LogP) is 0.806.